The molecule has 25 heavy (non-hydrogen) atoms. The standard InChI is InChI=1S/C21H26ClNO.ClH/c22-20-10-12-21(13-11-20)24-17-19-8-3-2-7-18(19)9-6-16-23-14-4-1-5-15-23;/h2-3,7-8,10-13H,1,4-6,9,14-17H2;1H. The molecule has 2 nitrogen and oxygen atoms in total. The van der Waals surface area contributed by atoms with Crippen LogP contribution in [0, 0.1) is 0 Å². The van der Waals surface area contributed by atoms with Crippen molar-refractivity contribution < 1.29 is 4.74 Å². The number of halogens is 2. The number of ether oxygens (including phenoxy) is 1. The molecule has 0 amide bonds. The predicted octanol–water partition coefficient (Wildman–Crippen LogP) is 5.76. The molecule has 0 atom stereocenters. The van der Waals surface area contributed by atoms with Crippen molar-refractivity contribution in [3.8, 4) is 5.75 Å². The molecule has 1 aliphatic heterocycles. The van der Waals surface area contributed by atoms with Crippen molar-refractivity contribution in [1.82, 2.24) is 4.90 Å². The zero-order valence-corrected chi connectivity index (χ0v) is 16.2. The smallest absolute Gasteiger partial charge is 0.119 e. The van der Waals surface area contributed by atoms with Crippen LogP contribution >= 0.6 is 24.0 Å². The maximum absolute atomic E-state index is 5.92. The number of likely N-dealkylation sites (tertiary alicyclic amines) is 1. The Morgan fingerprint density at radius 2 is 1.56 bits per heavy atom. The highest BCUT2D eigenvalue weighted by Gasteiger charge is 2.10. The Labute approximate surface area is 162 Å². The van der Waals surface area contributed by atoms with Crippen molar-refractivity contribution in [2.24, 2.45) is 0 Å². The first-order valence-electron chi connectivity index (χ1n) is 8.99. The molecule has 1 fully saturated rings. The quantitative estimate of drug-likeness (QED) is 0.606. The summed E-state index contributed by atoms with van der Waals surface area (Å²) in [5.41, 5.74) is 2.69. The first-order chi connectivity index (χ1) is 11.8. The monoisotopic (exact) mass is 379 g/mol. The van der Waals surface area contributed by atoms with Gasteiger partial charge in [0.1, 0.15) is 12.4 Å². The number of hydrogen-bond donors (Lipinski definition) is 0. The minimum atomic E-state index is 0. The Bertz CT molecular complexity index is 624. The molecule has 0 radical (unpaired) electrons. The summed E-state index contributed by atoms with van der Waals surface area (Å²) in [6, 6.07) is 16.2. The minimum absolute atomic E-state index is 0. The molecule has 0 bridgehead atoms. The lowest BCUT2D eigenvalue weighted by molar-refractivity contribution is 0.226. The second-order valence-corrected chi connectivity index (χ2v) is 6.95. The van der Waals surface area contributed by atoms with Gasteiger partial charge in [-0.1, -0.05) is 42.3 Å². The van der Waals surface area contributed by atoms with E-state index >= 15 is 0 Å². The van der Waals surface area contributed by atoms with Crippen LogP contribution in [-0.4, -0.2) is 24.5 Å². The molecule has 136 valence electrons. The van der Waals surface area contributed by atoms with Crippen LogP contribution in [0.5, 0.6) is 5.75 Å². The molecule has 0 N–H and O–H groups in total. The van der Waals surface area contributed by atoms with Crippen molar-refractivity contribution in [1.29, 1.82) is 0 Å². The first kappa shape index (κ1) is 20.1. The van der Waals surface area contributed by atoms with Crippen LogP contribution in [-0.2, 0) is 13.0 Å². The van der Waals surface area contributed by atoms with Gasteiger partial charge < -0.3 is 9.64 Å². The molecule has 0 aliphatic carbocycles. The van der Waals surface area contributed by atoms with Crippen LogP contribution in [0.4, 0.5) is 0 Å². The van der Waals surface area contributed by atoms with Crippen molar-refractivity contribution in [3.63, 3.8) is 0 Å². The zero-order valence-electron chi connectivity index (χ0n) is 14.6. The SMILES string of the molecule is Cl.Clc1ccc(OCc2ccccc2CCCN2CCCCC2)cc1. The van der Waals surface area contributed by atoms with Gasteiger partial charge in [0.25, 0.3) is 0 Å². The summed E-state index contributed by atoms with van der Waals surface area (Å²) in [7, 11) is 0. The summed E-state index contributed by atoms with van der Waals surface area (Å²) in [6.07, 6.45) is 6.48. The molecule has 4 heteroatoms. The Hall–Kier alpha value is -1.22. The van der Waals surface area contributed by atoms with Crippen molar-refractivity contribution in [2.45, 2.75) is 38.7 Å². The largest absolute Gasteiger partial charge is 0.489 e. The fraction of sp³-hybridized carbons (Fsp3) is 0.429. The van der Waals surface area contributed by atoms with Crippen molar-refractivity contribution >= 4 is 24.0 Å². The highest BCUT2D eigenvalue weighted by molar-refractivity contribution is 6.30. The van der Waals surface area contributed by atoms with E-state index in [2.05, 4.69) is 29.2 Å². The van der Waals surface area contributed by atoms with E-state index in [0.717, 1.165) is 17.2 Å². The third-order valence-electron chi connectivity index (χ3n) is 4.70. The molecule has 2 aromatic rings. The summed E-state index contributed by atoms with van der Waals surface area (Å²) in [4.78, 5) is 2.61. The Morgan fingerprint density at radius 1 is 0.880 bits per heavy atom. The first-order valence-corrected chi connectivity index (χ1v) is 9.36. The Morgan fingerprint density at radius 3 is 2.28 bits per heavy atom. The highest BCUT2D eigenvalue weighted by Crippen LogP contribution is 2.19. The Balaban J connectivity index is 0.00000225. The summed E-state index contributed by atoms with van der Waals surface area (Å²) in [6.45, 7) is 4.39. The van der Waals surface area contributed by atoms with E-state index in [-0.39, 0.29) is 12.4 Å². The normalized spacial score (nSPS) is 14.8. The number of benzene rings is 2. The number of aryl methyl sites for hydroxylation is 1. The predicted molar refractivity (Wildman–Crippen MR) is 108 cm³/mol. The van der Waals surface area contributed by atoms with Gasteiger partial charge in [-0.3, -0.25) is 0 Å². The number of rotatable bonds is 7. The van der Waals surface area contributed by atoms with Crippen LogP contribution in [0.15, 0.2) is 48.5 Å². The molecule has 2 aromatic carbocycles. The van der Waals surface area contributed by atoms with E-state index in [1.54, 1.807) is 0 Å². The fourth-order valence-corrected chi connectivity index (χ4v) is 3.44. The zero-order chi connectivity index (χ0) is 16.6. The third-order valence-corrected chi connectivity index (χ3v) is 4.95. The summed E-state index contributed by atoms with van der Waals surface area (Å²) >= 11 is 5.92. The molecule has 0 aromatic heterocycles. The third kappa shape index (κ3) is 6.54. The maximum atomic E-state index is 5.92. The van der Waals surface area contributed by atoms with Crippen LogP contribution < -0.4 is 4.74 Å². The van der Waals surface area contributed by atoms with E-state index in [1.165, 1.54) is 56.4 Å². The Kier molecular flexibility index (Phi) is 8.60. The summed E-state index contributed by atoms with van der Waals surface area (Å²) in [5, 5.41) is 0.737. The molecular weight excluding hydrogens is 353 g/mol. The second-order valence-electron chi connectivity index (χ2n) is 6.52. The molecule has 1 aliphatic rings. The van der Waals surface area contributed by atoms with Gasteiger partial charge in [0.05, 0.1) is 0 Å². The van der Waals surface area contributed by atoms with Crippen molar-refractivity contribution in [2.75, 3.05) is 19.6 Å². The maximum Gasteiger partial charge on any atom is 0.119 e. The number of nitrogens with zero attached hydrogens (tertiary/aromatic N) is 1. The minimum Gasteiger partial charge on any atom is -0.489 e. The van der Waals surface area contributed by atoms with Gasteiger partial charge in [-0.05, 0) is 80.7 Å². The summed E-state index contributed by atoms with van der Waals surface area (Å²) in [5.74, 6) is 0.863. The van der Waals surface area contributed by atoms with Gasteiger partial charge in [0.15, 0.2) is 0 Å². The highest BCUT2D eigenvalue weighted by atomic mass is 35.5. The fourth-order valence-electron chi connectivity index (χ4n) is 3.31. The lowest BCUT2D eigenvalue weighted by Gasteiger charge is -2.26. The van der Waals surface area contributed by atoms with E-state index in [9.17, 15) is 0 Å². The molecule has 3 rings (SSSR count). The van der Waals surface area contributed by atoms with Gasteiger partial charge in [-0.15, -0.1) is 12.4 Å². The van der Waals surface area contributed by atoms with Crippen LogP contribution in [0.1, 0.15) is 36.8 Å². The topological polar surface area (TPSA) is 12.5 Å². The van der Waals surface area contributed by atoms with E-state index in [4.69, 9.17) is 16.3 Å². The van der Waals surface area contributed by atoms with Gasteiger partial charge in [-0.25, -0.2) is 0 Å². The lowest BCUT2D eigenvalue weighted by Crippen LogP contribution is -2.30. The number of piperidine rings is 1. The molecular formula is C21H27Cl2NO. The molecule has 1 heterocycles. The van der Waals surface area contributed by atoms with Crippen molar-refractivity contribution in [3.05, 3.63) is 64.7 Å². The second kappa shape index (κ2) is 10.7. The van der Waals surface area contributed by atoms with Gasteiger partial charge in [-0.2, -0.15) is 0 Å². The average molecular weight is 380 g/mol. The number of hydrogen-bond acceptors (Lipinski definition) is 2. The van der Waals surface area contributed by atoms with Gasteiger partial charge in [0, 0.05) is 5.02 Å². The lowest BCUT2D eigenvalue weighted by atomic mass is 10.0. The molecule has 0 unspecified atom stereocenters. The average Bonchev–Trinajstić information content (AvgIpc) is 2.63. The van der Waals surface area contributed by atoms with Crippen LogP contribution in [0.3, 0.4) is 0 Å². The summed E-state index contributed by atoms with van der Waals surface area (Å²) < 4.78 is 5.91. The van der Waals surface area contributed by atoms with Gasteiger partial charge in [0.2, 0.25) is 0 Å². The van der Waals surface area contributed by atoms with Gasteiger partial charge >= 0.3 is 0 Å². The van der Waals surface area contributed by atoms with Crippen LogP contribution in [0.25, 0.3) is 0 Å². The van der Waals surface area contributed by atoms with E-state index in [1.807, 2.05) is 24.3 Å². The molecule has 1 saturated heterocycles. The molecule has 0 saturated carbocycles. The van der Waals surface area contributed by atoms with E-state index < -0.39 is 0 Å². The molecule has 0 spiro atoms. The van der Waals surface area contributed by atoms with Crippen LogP contribution in [0.2, 0.25) is 5.02 Å². The van der Waals surface area contributed by atoms with E-state index in [0.29, 0.717) is 6.61 Å².